The second kappa shape index (κ2) is 8.15. The normalized spacial score (nSPS) is 15.4. The van der Waals surface area contributed by atoms with E-state index in [2.05, 4.69) is 41.8 Å². The first-order valence-electron chi connectivity index (χ1n) is 7.82. The van der Waals surface area contributed by atoms with E-state index in [1.54, 1.807) is 7.11 Å². The summed E-state index contributed by atoms with van der Waals surface area (Å²) in [7, 11) is 1.64. The minimum Gasteiger partial charge on any atom is -0.382 e. The number of hydrogen-bond acceptors (Lipinski definition) is 3. The van der Waals surface area contributed by atoms with E-state index < -0.39 is 0 Å². The van der Waals surface area contributed by atoms with E-state index in [1.165, 1.54) is 11.1 Å². The molecule has 0 aliphatic heterocycles. The van der Waals surface area contributed by atoms with Gasteiger partial charge in [-0.05, 0) is 30.9 Å². The second-order valence-electron chi connectivity index (χ2n) is 5.81. The maximum atomic E-state index is 11.8. The first kappa shape index (κ1) is 16.8. The molecule has 0 radical (unpaired) electrons. The summed E-state index contributed by atoms with van der Waals surface area (Å²) in [5.74, 6) is 0. The zero-order valence-corrected chi connectivity index (χ0v) is 13.5. The highest BCUT2D eigenvalue weighted by atomic mass is 16.5. The number of ether oxygens (including phenoxy) is 2. The predicted octanol–water partition coefficient (Wildman–Crippen LogP) is 1.99. The number of urea groups is 1. The van der Waals surface area contributed by atoms with E-state index in [-0.39, 0.29) is 11.4 Å². The van der Waals surface area contributed by atoms with Crippen LogP contribution in [0.3, 0.4) is 0 Å². The second-order valence-corrected chi connectivity index (χ2v) is 5.81. The predicted molar refractivity (Wildman–Crippen MR) is 86.2 cm³/mol. The number of carbonyl (C=O) groups is 1. The molecule has 0 heterocycles. The highest BCUT2D eigenvalue weighted by Gasteiger charge is 2.45. The fourth-order valence-electron chi connectivity index (χ4n) is 2.65. The van der Waals surface area contributed by atoms with Crippen molar-refractivity contribution in [2.24, 2.45) is 0 Å². The lowest BCUT2D eigenvalue weighted by Gasteiger charge is -2.19. The maximum absolute atomic E-state index is 11.8. The lowest BCUT2D eigenvalue weighted by atomic mass is 9.92. The van der Waals surface area contributed by atoms with Crippen molar-refractivity contribution in [2.45, 2.75) is 25.2 Å². The van der Waals surface area contributed by atoms with E-state index in [0.717, 1.165) is 12.8 Å². The van der Waals surface area contributed by atoms with Crippen LogP contribution in [0.25, 0.3) is 0 Å². The minimum absolute atomic E-state index is 0.129. The number of hydrogen-bond donors (Lipinski definition) is 2. The standard InChI is InChI=1S/C17H26N2O3/c1-14-5-3-4-6-15(14)17(7-8-17)13-19-16(20)18-9-10-22-12-11-21-2/h3-6H,7-13H2,1-2H3,(H2,18,19,20). The average molecular weight is 306 g/mol. The summed E-state index contributed by atoms with van der Waals surface area (Å²) >= 11 is 0. The fourth-order valence-corrected chi connectivity index (χ4v) is 2.65. The largest absolute Gasteiger partial charge is 0.382 e. The van der Waals surface area contributed by atoms with Crippen LogP contribution in [0, 0.1) is 6.92 Å². The van der Waals surface area contributed by atoms with Gasteiger partial charge in [0.1, 0.15) is 0 Å². The van der Waals surface area contributed by atoms with E-state index in [1.807, 2.05) is 0 Å². The highest BCUT2D eigenvalue weighted by Crippen LogP contribution is 2.48. The Labute approximate surface area is 132 Å². The molecule has 122 valence electrons. The third-order valence-electron chi connectivity index (χ3n) is 4.12. The Morgan fingerprint density at radius 1 is 1.18 bits per heavy atom. The van der Waals surface area contributed by atoms with Crippen LogP contribution < -0.4 is 10.6 Å². The summed E-state index contributed by atoms with van der Waals surface area (Å²) < 4.78 is 10.2. The number of aryl methyl sites for hydroxylation is 1. The molecule has 1 aromatic rings. The summed E-state index contributed by atoms with van der Waals surface area (Å²) in [4.78, 5) is 11.8. The number of rotatable bonds is 9. The van der Waals surface area contributed by atoms with Gasteiger partial charge in [0.05, 0.1) is 19.8 Å². The van der Waals surface area contributed by atoms with Crippen molar-refractivity contribution in [3.63, 3.8) is 0 Å². The summed E-state index contributed by atoms with van der Waals surface area (Å²) in [6.45, 7) is 4.95. The Balaban J connectivity index is 1.67. The first-order chi connectivity index (χ1) is 10.7. The van der Waals surface area contributed by atoms with Crippen LogP contribution in [-0.2, 0) is 14.9 Å². The number of benzene rings is 1. The number of methoxy groups -OCH3 is 1. The van der Waals surface area contributed by atoms with Crippen molar-refractivity contribution in [1.82, 2.24) is 10.6 Å². The van der Waals surface area contributed by atoms with Crippen molar-refractivity contribution in [1.29, 1.82) is 0 Å². The van der Waals surface area contributed by atoms with E-state index in [9.17, 15) is 4.79 Å². The molecular weight excluding hydrogens is 280 g/mol. The van der Waals surface area contributed by atoms with Crippen molar-refractivity contribution >= 4 is 6.03 Å². The zero-order chi connectivity index (χ0) is 15.8. The molecule has 1 aromatic carbocycles. The molecule has 0 bridgehead atoms. The molecule has 1 aliphatic rings. The SMILES string of the molecule is COCCOCCNC(=O)NCC1(c2ccccc2C)CC1. The van der Waals surface area contributed by atoms with Crippen molar-refractivity contribution in [3.8, 4) is 0 Å². The van der Waals surface area contributed by atoms with Gasteiger partial charge in [0, 0.05) is 25.6 Å². The molecule has 0 spiro atoms. The van der Waals surface area contributed by atoms with Crippen molar-refractivity contribution < 1.29 is 14.3 Å². The Kier molecular flexibility index (Phi) is 6.21. The van der Waals surface area contributed by atoms with Crippen molar-refractivity contribution in [3.05, 3.63) is 35.4 Å². The Morgan fingerprint density at radius 3 is 2.64 bits per heavy atom. The van der Waals surface area contributed by atoms with Gasteiger partial charge < -0.3 is 20.1 Å². The molecule has 1 saturated carbocycles. The Bertz CT molecular complexity index is 487. The summed E-state index contributed by atoms with van der Waals surface area (Å²) in [6.07, 6.45) is 2.27. The fraction of sp³-hybridized carbons (Fsp3) is 0.588. The van der Waals surface area contributed by atoms with Crippen LogP contribution >= 0.6 is 0 Å². The number of amides is 2. The lowest BCUT2D eigenvalue weighted by Crippen LogP contribution is -2.41. The van der Waals surface area contributed by atoms with Crippen LogP contribution in [0.15, 0.2) is 24.3 Å². The molecule has 5 heteroatoms. The van der Waals surface area contributed by atoms with Gasteiger partial charge in [-0.2, -0.15) is 0 Å². The Morgan fingerprint density at radius 2 is 1.95 bits per heavy atom. The molecule has 0 aromatic heterocycles. The lowest BCUT2D eigenvalue weighted by molar-refractivity contribution is 0.0726. The quantitative estimate of drug-likeness (QED) is 0.686. The van der Waals surface area contributed by atoms with Gasteiger partial charge in [0.15, 0.2) is 0 Å². The third kappa shape index (κ3) is 4.71. The molecule has 2 N–H and O–H groups in total. The van der Waals surface area contributed by atoms with Crippen LogP contribution in [0.5, 0.6) is 0 Å². The molecule has 5 nitrogen and oxygen atoms in total. The summed E-state index contributed by atoms with van der Waals surface area (Å²) in [5.41, 5.74) is 2.80. The van der Waals surface area contributed by atoms with Crippen LogP contribution in [0.2, 0.25) is 0 Å². The van der Waals surface area contributed by atoms with Gasteiger partial charge >= 0.3 is 6.03 Å². The molecular formula is C17H26N2O3. The van der Waals surface area contributed by atoms with Gasteiger partial charge in [-0.3, -0.25) is 0 Å². The van der Waals surface area contributed by atoms with E-state index in [4.69, 9.17) is 9.47 Å². The van der Waals surface area contributed by atoms with E-state index in [0.29, 0.717) is 32.9 Å². The first-order valence-corrected chi connectivity index (χ1v) is 7.82. The van der Waals surface area contributed by atoms with Gasteiger partial charge in [-0.1, -0.05) is 24.3 Å². The van der Waals surface area contributed by atoms with Crippen LogP contribution in [0.4, 0.5) is 4.79 Å². The number of carbonyl (C=O) groups excluding carboxylic acids is 1. The molecule has 1 fully saturated rings. The van der Waals surface area contributed by atoms with Crippen molar-refractivity contribution in [2.75, 3.05) is 40.0 Å². The topological polar surface area (TPSA) is 59.6 Å². The molecule has 2 rings (SSSR count). The molecule has 0 saturated heterocycles. The molecule has 22 heavy (non-hydrogen) atoms. The monoisotopic (exact) mass is 306 g/mol. The van der Waals surface area contributed by atoms with Gasteiger partial charge in [0.25, 0.3) is 0 Å². The number of nitrogens with one attached hydrogen (secondary N) is 2. The molecule has 1 aliphatic carbocycles. The minimum atomic E-state index is -0.129. The zero-order valence-electron chi connectivity index (χ0n) is 13.5. The molecule has 2 amide bonds. The third-order valence-corrected chi connectivity index (χ3v) is 4.12. The smallest absolute Gasteiger partial charge is 0.314 e. The summed E-state index contributed by atoms with van der Waals surface area (Å²) in [6, 6.07) is 8.30. The van der Waals surface area contributed by atoms with Crippen LogP contribution in [0.1, 0.15) is 24.0 Å². The molecule has 0 unspecified atom stereocenters. The average Bonchev–Trinajstić information content (AvgIpc) is 3.30. The van der Waals surface area contributed by atoms with E-state index >= 15 is 0 Å². The van der Waals surface area contributed by atoms with Gasteiger partial charge in [0.2, 0.25) is 0 Å². The highest BCUT2D eigenvalue weighted by molar-refractivity contribution is 5.74. The Hall–Kier alpha value is -1.59. The van der Waals surface area contributed by atoms with Gasteiger partial charge in [-0.15, -0.1) is 0 Å². The van der Waals surface area contributed by atoms with Crippen LogP contribution in [-0.4, -0.2) is 46.1 Å². The summed E-state index contributed by atoms with van der Waals surface area (Å²) in [5, 5.41) is 5.79. The molecule has 0 atom stereocenters. The maximum Gasteiger partial charge on any atom is 0.314 e. The van der Waals surface area contributed by atoms with Gasteiger partial charge in [-0.25, -0.2) is 4.79 Å².